The van der Waals surface area contributed by atoms with E-state index in [2.05, 4.69) is 10.9 Å². The number of nitro groups is 1. The number of nitro benzene ring substituents is 1. The number of hydrazine groups is 1. The third-order valence-corrected chi connectivity index (χ3v) is 5.37. The topological polar surface area (TPSA) is 158 Å². The van der Waals surface area contributed by atoms with Crippen LogP contribution in [0.3, 0.4) is 0 Å². The number of rotatable bonds is 6. The van der Waals surface area contributed by atoms with Crippen molar-refractivity contribution in [3.8, 4) is 11.3 Å². The van der Waals surface area contributed by atoms with Gasteiger partial charge in [0.05, 0.1) is 10.3 Å². The molecule has 186 valence electrons. The van der Waals surface area contributed by atoms with E-state index < -0.39 is 29.3 Å². The quantitative estimate of drug-likeness (QED) is 0.231. The van der Waals surface area contributed by atoms with Gasteiger partial charge in [0, 0.05) is 28.8 Å². The minimum absolute atomic E-state index is 0.0151. The van der Waals surface area contributed by atoms with E-state index in [9.17, 15) is 29.3 Å². The van der Waals surface area contributed by atoms with Gasteiger partial charge in [0.1, 0.15) is 11.3 Å². The maximum Gasteiger partial charge on any atom is 0.342 e. The van der Waals surface area contributed by atoms with Crippen LogP contribution in [0.1, 0.15) is 26.3 Å². The van der Waals surface area contributed by atoms with Crippen LogP contribution >= 0.6 is 0 Å². The number of para-hydroxylation sites is 1. The Morgan fingerprint density at radius 2 is 1.70 bits per heavy atom. The van der Waals surface area contributed by atoms with Crippen LogP contribution in [0.5, 0.6) is 0 Å². The molecule has 37 heavy (non-hydrogen) atoms. The van der Waals surface area contributed by atoms with Gasteiger partial charge in [-0.25, -0.2) is 4.79 Å². The Kier molecular flexibility index (Phi) is 7.05. The summed E-state index contributed by atoms with van der Waals surface area (Å²) >= 11 is 0. The number of amides is 2. The van der Waals surface area contributed by atoms with Crippen LogP contribution in [0.4, 0.5) is 5.69 Å². The second kappa shape index (κ2) is 10.5. The van der Waals surface area contributed by atoms with E-state index in [1.54, 1.807) is 31.2 Å². The third kappa shape index (κ3) is 5.35. The number of carbonyl (C=O) groups is 3. The van der Waals surface area contributed by atoms with Crippen LogP contribution in [0.2, 0.25) is 0 Å². The van der Waals surface area contributed by atoms with Gasteiger partial charge in [0.15, 0.2) is 17.6 Å². The summed E-state index contributed by atoms with van der Waals surface area (Å²) in [5, 5.41) is 11.0. The Labute approximate surface area is 208 Å². The highest BCUT2D eigenvalue weighted by Crippen LogP contribution is 2.27. The first-order valence-electron chi connectivity index (χ1n) is 10.9. The van der Waals surface area contributed by atoms with Crippen molar-refractivity contribution in [2.45, 2.75) is 6.92 Å². The molecule has 11 heteroatoms. The zero-order valence-electron chi connectivity index (χ0n) is 19.3. The average molecular weight is 501 g/mol. The highest BCUT2D eigenvalue weighted by molar-refractivity contribution is 6.03. The minimum Gasteiger partial charge on any atom is -0.455 e. The number of non-ortho nitro benzene ring substituents is 1. The van der Waals surface area contributed by atoms with Crippen molar-refractivity contribution >= 4 is 34.4 Å². The van der Waals surface area contributed by atoms with E-state index in [0.29, 0.717) is 16.9 Å². The molecular formula is C26H19N3O8. The molecule has 1 heterocycles. The summed E-state index contributed by atoms with van der Waals surface area (Å²) in [6, 6.07) is 18.3. The Morgan fingerprint density at radius 1 is 0.973 bits per heavy atom. The largest absolute Gasteiger partial charge is 0.455 e. The molecule has 4 rings (SSSR count). The molecule has 0 aliphatic carbocycles. The molecular weight excluding hydrogens is 482 g/mol. The molecule has 0 spiro atoms. The zero-order chi connectivity index (χ0) is 26.5. The number of hydrogen-bond donors (Lipinski definition) is 2. The standard InChI is InChI=1S/C26H19N3O8/c1-15-22(31)19-11-6-12-20(24(19)37-23(15)16-7-3-2-4-8-16)26(33)36-14-21(30)27-28-25(32)17-9-5-10-18(13-17)29(34)35/h2-13H,14H2,1H3,(H,27,30)(H,28,32). The first kappa shape index (κ1) is 24.8. The first-order chi connectivity index (χ1) is 17.8. The molecule has 4 aromatic rings. The maximum atomic E-state index is 12.9. The molecule has 0 aliphatic rings. The second-order valence-corrected chi connectivity index (χ2v) is 7.82. The van der Waals surface area contributed by atoms with Crippen LogP contribution in [0.15, 0.2) is 82.0 Å². The second-order valence-electron chi connectivity index (χ2n) is 7.82. The number of esters is 1. The fourth-order valence-electron chi connectivity index (χ4n) is 3.54. The van der Waals surface area contributed by atoms with E-state index in [4.69, 9.17) is 9.15 Å². The first-order valence-corrected chi connectivity index (χ1v) is 10.9. The lowest BCUT2D eigenvalue weighted by molar-refractivity contribution is -0.384. The number of nitrogens with zero attached hydrogens (tertiary/aromatic N) is 1. The molecule has 0 bridgehead atoms. The number of nitrogens with one attached hydrogen (secondary N) is 2. The van der Waals surface area contributed by atoms with Gasteiger partial charge < -0.3 is 9.15 Å². The van der Waals surface area contributed by atoms with Gasteiger partial charge in [-0.3, -0.25) is 35.3 Å². The smallest absolute Gasteiger partial charge is 0.342 e. The summed E-state index contributed by atoms with van der Waals surface area (Å²) in [5.41, 5.74) is 4.48. The predicted molar refractivity (Wildman–Crippen MR) is 132 cm³/mol. The predicted octanol–water partition coefficient (Wildman–Crippen LogP) is 3.29. The summed E-state index contributed by atoms with van der Waals surface area (Å²) < 4.78 is 11.0. The molecule has 0 fully saturated rings. The third-order valence-electron chi connectivity index (χ3n) is 5.37. The molecule has 2 amide bonds. The summed E-state index contributed by atoms with van der Waals surface area (Å²) in [6.45, 7) is 0.872. The van der Waals surface area contributed by atoms with Crippen LogP contribution in [-0.4, -0.2) is 29.3 Å². The van der Waals surface area contributed by atoms with Crippen LogP contribution in [-0.2, 0) is 9.53 Å². The van der Waals surface area contributed by atoms with Crippen molar-refractivity contribution in [2.75, 3.05) is 6.61 Å². The van der Waals surface area contributed by atoms with Crippen molar-refractivity contribution in [1.29, 1.82) is 0 Å². The maximum absolute atomic E-state index is 12.9. The number of carbonyl (C=O) groups excluding carboxylic acids is 3. The van der Waals surface area contributed by atoms with Crippen LogP contribution in [0, 0.1) is 17.0 Å². The Morgan fingerprint density at radius 3 is 2.43 bits per heavy atom. The molecule has 0 radical (unpaired) electrons. The summed E-state index contributed by atoms with van der Waals surface area (Å²) in [4.78, 5) is 60.1. The molecule has 2 N–H and O–H groups in total. The lowest BCUT2D eigenvalue weighted by Crippen LogP contribution is -2.43. The Hall–Kier alpha value is -5.32. The van der Waals surface area contributed by atoms with E-state index >= 15 is 0 Å². The van der Waals surface area contributed by atoms with Crippen molar-refractivity contribution in [3.05, 3.63) is 110 Å². The molecule has 0 atom stereocenters. The molecule has 3 aromatic carbocycles. The monoisotopic (exact) mass is 501 g/mol. The summed E-state index contributed by atoms with van der Waals surface area (Å²) in [6.07, 6.45) is 0. The minimum atomic E-state index is -0.920. The van der Waals surface area contributed by atoms with Gasteiger partial charge in [-0.15, -0.1) is 0 Å². The van der Waals surface area contributed by atoms with E-state index in [1.165, 1.54) is 36.4 Å². The van der Waals surface area contributed by atoms with E-state index in [1.807, 2.05) is 6.07 Å². The number of fused-ring (bicyclic) bond motifs is 1. The highest BCUT2D eigenvalue weighted by atomic mass is 16.6. The zero-order valence-corrected chi connectivity index (χ0v) is 19.3. The van der Waals surface area contributed by atoms with E-state index in [0.717, 1.165) is 6.07 Å². The Balaban J connectivity index is 1.46. The Bertz CT molecular complexity index is 1590. The molecule has 0 saturated heterocycles. The van der Waals surface area contributed by atoms with Gasteiger partial charge in [0.2, 0.25) is 0 Å². The number of hydrogen-bond acceptors (Lipinski definition) is 8. The van der Waals surface area contributed by atoms with Crippen molar-refractivity contribution in [3.63, 3.8) is 0 Å². The van der Waals surface area contributed by atoms with Gasteiger partial charge in [-0.05, 0) is 25.1 Å². The van der Waals surface area contributed by atoms with Crippen molar-refractivity contribution < 1.29 is 28.5 Å². The van der Waals surface area contributed by atoms with Crippen molar-refractivity contribution in [2.24, 2.45) is 0 Å². The number of benzene rings is 3. The SMILES string of the molecule is Cc1c(-c2ccccc2)oc2c(C(=O)OCC(=O)NNC(=O)c3cccc([N+](=O)[O-])c3)cccc2c1=O. The summed E-state index contributed by atoms with van der Waals surface area (Å²) in [7, 11) is 0. The van der Waals surface area contributed by atoms with Gasteiger partial charge in [0.25, 0.3) is 17.5 Å². The fraction of sp³-hybridized carbons (Fsp3) is 0.0769. The number of ether oxygens (including phenoxy) is 1. The molecule has 11 nitrogen and oxygen atoms in total. The lowest BCUT2D eigenvalue weighted by atomic mass is 10.0. The molecule has 0 unspecified atom stereocenters. The molecule has 1 aromatic heterocycles. The van der Waals surface area contributed by atoms with Crippen LogP contribution < -0.4 is 16.3 Å². The van der Waals surface area contributed by atoms with Gasteiger partial charge in [-0.1, -0.05) is 42.5 Å². The molecule has 0 aliphatic heterocycles. The molecule has 0 saturated carbocycles. The normalized spacial score (nSPS) is 10.5. The summed E-state index contributed by atoms with van der Waals surface area (Å²) in [5.74, 6) is -2.28. The average Bonchev–Trinajstić information content (AvgIpc) is 2.92. The lowest BCUT2D eigenvalue weighted by Gasteiger charge is -2.11. The van der Waals surface area contributed by atoms with Gasteiger partial charge >= 0.3 is 5.97 Å². The van der Waals surface area contributed by atoms with Crippen molar-refractivity contribution in [1.82, 2.24) is 10.9 Å². The van der Waals surface area contributed by atoms with E-state index in [-0.39, 0.29) is 33.2 Å². The fourth-order valence-corrected chi connectivity index (χ4v) is 3.54. The highest BCUT2D eigenvalue weighted by Gasteiger charge is 2.20. The van der Waals surface area contributed by atoms with Gasteiger partial charge in [-0.2, -0.15) is 0 Å². The van der Waals surface area contributed by atoms with Crippen LogP contribution in [0.25, 0.3) is 22.3 Å².